The molecular formula is C28H38F4N2O2. The van der Waals surface area contributed by atoms with Gasteiger partial charge in [0.2, 0.25) is 5.91 Å². The zero-order valence-electron chi connectivity index (χ0n) is 20.9. The first-order chi connectivity index (χ1) is 17.2. The number of hydrogen-bond donors (Lipinski definition) is 1. The first-order valence-electron chi connectivity index (χ1n) is 13.6. The lowest BCUT2D eigenvalue weighted by Crippen LogP contribution is -2.43. The van der Waals surface area contributed by atoms with Gasteiger partial charge in [-0.25, -0.2) is 4.39 Å². The summed E-state index contributed by atoms with van der Waals surface area (Å²) in [7, 11) is 0. The van der Waals surface area contributed by atoms with E-state index in [4.69, 9.17) is 0 Å². The van der Waals surface area contributed by atoms with Crippen LogP contribution in [0, 0.1) is 29.5 Å². The van der Waals surface area contributed by atoms with Crippen molar-refractivity contribution in [2.24, 2.45) is 23.7 Å². The molecule has 2 saturated carbocycles. The zero-order chi connectivity index (χ0) is 25.7. The number of likely N-dealkylation sites (tertiary alicyclic amines) is 1. The third-order valence-corrected chi connectivity index (χ3v) is 8.69. The Bertz CT molecular complexity index is 865. The number of alkyl halides is 3. The van der Waals surface area contributed by atoms with Crippen LogP contribution in [0.2, 0.25) is 0 Å². The summed E-state index contributed by atoms with van der Waals surface area (Å²) in [6.07, 6.45) is 3.41. The molecule has 1 amide bonds. The van der Waals surface area contributed by atoms with E-state index in [0.717, 1.165) is 64.6 Å². The van der Waals surface area contributed by atoms with E-state index in [-0.39, 0.29) is 48.2 Å². The Morgan fingerprint density at radius 3 is 2.03 bits per heavy atom. The molecule has 1 saturated heterocycles. The van der Waals surface area contributed by atoms with Gasteiger partial charge in [0.1, 0.15) is 5.82 Å². The molecule has 2 aliphatic carbocycles. The fourth-order valence-corrected chi connectivity index (χ4v) is 6.23. The lowest BCUT2D eigenvalue weighted by atomic mass is 9.80. The van der Waals surface area contributed by atoms with Crippen molar-refractivity contribution in [3.63, 3.8) is 0 Å². The van der Waals surface area contributed by atoms with Crippen LogP contribution in [0.4, 0.5) is 17.6 Å². The largest absolute Gasteiger partial charge is 0.391 e. The molecule has 4 rings (SSSR count). The first-order valence-corrected chi connectivity index (χ1v) is 13.6. The summed E-state index contributed by atoms with van der Waals surface area (Å²) >= 11 is 0. The fourth-order valence-electron chi connectivity index (χ4n) is 6.23. The molecule has 1 N–H and O–H groups in total. The molecule has 8 heteroatoms. The highest BCUT2D eigenvalue weighted by atomic mass is 19.4. The van der Waals surface area contributed by atoms with Gasteiger partial charge < -0.3 is 10.2 Å². The first kappa shape index (κ1) is 27.1. The van der Waals surface area contributed by atoms with Crippen molar-refractivity contribution in [2.75, 3.05) is 19.6 Å². The van der Waals surface area contributed by atoms with Gasteiger partial charge in [0.15, 0.2) is 5.78 Å². The van der Waals surface area contributed by atoms with Crippen molar-refractivity contribution >= 4 is 11.7 Å². The molecule has 0 spiro atoms. The standard InChI is InChI=1S/C28H38F4N2O2/c29-24-9-5-20(6-10-24)26(35)21-14-17-34(18-15-21)16-13-19-1-11-25(12-2-19)33-27(36)22-3-7-23(8-4-22)28(30,31)32/h5-6,9-10,19,21-23,25H,1-4,7-8,11-18H2,(H,33,36)/t19?,22-,23-,25?. The average Bonchev–Trinajstić information content (AvgIpc) is 2.88. The number of carbonyl (C=O) groups excluding carboxylic acids is 2. The van der Waals surface area contributed by atoms with Crippen LogP contribution in [0.3, 0.4) is 0 Å². The summed E-state index contributed by atoms with van der Waals surface area (Å²) in [5.41, 5.74) is 0.590. The summed E-state index contributed by atoms with van der Waals surface area (Å²) < 4.78 is 51.7. The van der Waals surface area contributed by atoms with E-state index in [1.54, 1.807) is 12.1 Å². The van der Waals surface area contributed by atoms with E-state index in [2.05, 4.69) is 10.2 Å². The molecule has 1 aromatic carbocycles. The van der Waals surface area contributed by atoms with Gasteiger partial charge in [-0.3, -0.25) is 9.59 Å². The van der Waals surface area contributed by atoms with Crippen LogP contribution >= 0.6 is 0 Å². The van der Waals surface area contributed by atoms with Gasteiger partial charge in [-0.05, 0) is 120 Å². The Kier molecular flexibility index (Phi) is 9.07. The topological polar surface area (TPSA) is 49.4 Å². The number of amides is 1. The highest BCUT2D eigenvalue weighted by Crippen LogP contribution is 2.39. The van der Waals surface area contributed by atoms with Gasteiger partial charge >= 0.3 is 6.18 Å². The number of carbonyl (C=O) groups is 2. The van der Waals surface area contributed by atoms with Crippen LogP contribution in [0.1, 0.15) is 81.0 Å². The Labute approximate surface area is 211 Å². The van der Waals surface area contributed by atoms with Crippen molar-refractivity contribution in [1.82, 2.24) is 10.2 Å². The van der Waals surface area contributed by atoms with Crippen molar-refractivity contribution in [2.45, 2.75) is 82.8 Å². The number of rotatable bonds is 7. The molecule has 3 fully saturated rings. The highest BCUT2D eigenvalue weighted by Gasteiger charge is 2.42. The molecule has 3 aliphatic rings. The molecule has 200 valence electrons. The predicted molar refractivity (Wildman–Crippen MR) is 130 cm³/mol. The summed E-state index contributed by atoms with van der Waals surface area (Å²) in [5.74, 6) is -1.17. The van der Waals surface area contributed by atoms with E-state index in [9.17, 15) is 27.2 Å². The minimum absolute atomic E-state index is 0.00859. The van der Waals surface area contributed by atoms with E-state index in [1.807, 2.05) is 0 Å². The average molecular weight is 511 g/mol. The number of halogens is 4. The summed E-state index contributed by atoms with van der Waals surface area (Å²) in [4.78, 5) is 27.7. The SMILES string of the molecule is O=C(c1ccc(F)cc1)C1CCN(CCC2CCC(NC(=O)[C@H]3CC[C@H](C(F)(F)F)CC3)CC2)CC1. The number of piperidine rings is 1. The van der Waals surface area contributed by atoms with Crippen LogP contribution < -0.4 is 5.32 Å². The van der Waals surface area contributed by atoms with E-state index < -0.39 is 12.1 Å². The van der Waals surface area contributed by atoms with E-state index in [0.29, 0.717) is 24.3 Å². The maximum absolute atomic E-state index is 13.1. The van der Waals surface area contributed by atoms with Gasteiger partial charge in [0.25, 0.3) is 0 Å². The van der Waals surface area contributed by atoms with Gasteiger partial charge in [-0.2, -0.15) is 13.2 Å². The van der Waals surface area contributed by atoms with Gasteiger partial charge in [-0.15, -0.1) is 0 Å². The Balaban J connectivity index is 1.10. The van der Waals surface area contributed by atoms with Crippen molar-refractivity contribution in [1.29, 1.82) is 0 Å². The number of nitrogens with one attached hydrogen (secondary N) is 1. The van der Waals surface area contributed by atoms with Gasteiger partial charge in [0.05, 0.1) is 5.92 Å². The molecule has 1 heterocycles. The molecule has 0 radical (unpaired) electrons. The Hall–Kier alpha value is -1.96. The maximum Gasteiger partial charge on any atom is 0.391 e. The van der Waals surface area contributed by atoms with Gasteiger partial charge in [0, 0.05) is 23.4 Å². The second-order valence-corrected chi connectivity index (χ2v) is 11.1. The van der Waals surface area contributed by atoms with Crippen molar-refractivity contribution < 1.29 is 27.2 Å². The highest BCUT2D eigenvalue weighted by molar-refractivity contribution is 5.97. The molecule has 4 nitrogen and oxygen atoms in total. The molecular weight excluding hydrogens is 472 g/mol. The fraction of sp³-hybridized carbons (Fsp3) is 0.714. The minimum atomic E-state index is -4.14. The van der Waals surface area contributed by atoms with Crippen molar-refractivity contribution in [3.05, 3.63) is 35.6 Å². The minimum Gasteiger partial charge on any atom is -0.353 e. The molecule has 1 aromatic rings. The van der Waals surface area contributed by atoms with Crippen LogP contribution in [0.15, 0.2) is 24.3 Å². The zero-order valence-corrected chi connectivity index (χ0v) is 20.9. The lowest BCUT2D eigenvalue weighted by Gasteiger charge is -2.35. The van der Waals surface area contributed by atoms with E-state index >= 15 is 0 Å². The third-order valence-electron chi connectivity index (χ3n) is 8.69. The molecule has 0 atom stereocenters. The van der Waals surface area contributed by atoms with Gasteiger partial charge in [-0.1, -0.05) is 0 Å². The van der Waals surface area contributed by atoms with Crippen LogP contribution in [0.5, 0.6) is 0 Å². The summed E-state index contributed by atoms with van der Waals surface area (Å²) in [6.45, 7) is 2.82. The van der Waals surface area contributed by atoms with Crippen LogP contribution in [-0.2, 0) is 4.79 Å². The lowest BCUT2D eigenvalue weighted by molar-refractivity contribution is -0.184. The molecule has 0 aromatic heterocycles. The second kappa shape index (κ2) is 12.1. The maximum atomic E-state index is 13.1. The Morgan fingerprint density at radius 2 is 1.44 bits per heavy atom. The number of Topliss-reactive ketones (excluding diaryl/α,β-unsaturated/α-hetero) is 1. The number of hydrogen-bond acceptors (Lipinski definition) is 3. The smallest absolute Gasteiger partial charge is 0.353 e. The summed E-state index contributed by atoms with van der Waals surface area (Å²) in [6, 6.07) is 5.96. The third kappa shape index (κ3) is 7.30. The van der Waals surface area contributed by atoms with Crippen LogP contribution in [-0.4, -0.2) is 48.4 Å². The van der Waals surface area contributed by atoms with Crippen molar-refractivity contribution in [3.8, 4) is 0 Å². The second-order valence-electron chi connectivity index (χ2n) is 11.1. The predicted octanol–water partition coefficient (Wildman–Crippen LogP) is 6.15. The monoisotopic (exact) mass is 510 g/mol. The molecule has 1 aliphatic heterocycles. The number of nitrogens with zero attached hydrogens (tertiary/aromatic N) is 1. The van der Waals surface area contributed by atoms with Crippen LogP contribution in [0.25, 0.3) is 0 Å². The summed E-state index contributed by atoms with van der Waals surface area (Å²) in [5, 5.41) is 3.12. The Morgan fingerprint density at radius 1 is 0.833 bits per heavy atom. The number of ketones is 1. The number of benzene rings is 1. The normalized spacial score (nSPS) is 28.6. The molecule has 36 heavy (non-hydrogen) atoms. The molecule has 0 bridgehead atoms. The molecule has 0 unspecified atom stereocenters. The quantitative estimate of drug-likeness (QED) is 0.353. The van der Waals surface area contributed by atoms with E-state index in [1.165, 1.54) is 12.1 Å².